The van der Waals surface area contributed by atoms with E-state index in [4.69, 9.17) is 23.2 Å². The van der Waals surface area contributed by atoms with E-state index < -0.39 is 0 Å². The SMILES string of the molecule is Clc1ccc(CCNc2cc(Cl)nc3ncnn23)cc1. The lowest BCUT2D eigenvalue weighted by Crippen LogP contribution is -2.09. The number of rotatable bonds is 4. The first-order valence-corrected chi connectivity index (χ1v) is 6.82. The summed E-state index contributed by atoms with van der Waals surface area (Å²) in [7, 11) is 0. The van der Waals surface area contributed by atoms with Gasteiger partial charge in [-0.3, -0.25) is 0 Å². The lowest BCUT2D eigenvalue weighted by Gasteiger charge is -2.08. The van der Waals surface area contributed by atoms with E-state index in [-0.39, 0.29) is 0 Å². The summed E-state index contributed by atoms with van der Waals surface area (Å²) in [6, 6.07) is 9.51. The van der Waals surface area contributed by atoms with Crippen LogP contribution in [0.1, 0.15) is 5.56 Å². The molecular formula is C13H11Cl2N5. The third-order valence-electron chi connectivity index (χ3n) is 2.85. The Bertz CT molecular complexity index is 723. The van der Waals surface area contributed by atoms with Gasteiger partial charge in [-0.15, -0.1) is 0 Å². The molecule has 20 heavy (non-hydrogen) atoms. The van der Waals surface area contributed by atoms with E-state index in [0.717, 1.165) is 23.8 Å². The summed E-state index contributed by atoms with van der Waals surface area (Å²) in [4.78, 5) is 8.09. The number of benzene rings is 1. The van der Waals surface area contributed by atoms with Crippen molar-refractivity contribution in [2.45, 2.75) is 6.42 Å². The summed E-state index contributed by atoms with van der Waals surface area (Å²) < 4.78 is 1.62. The van der Waals surface area contributed by atoms with Crippen molar-refractivity contribution in [3.05, 3.63) is 52.4 Å². The molecule has 2 heterocycles. The van der Waals surface area contributed by atoms with E-state index in [9.17, 15) is 0 Å². The van der Waals surface area contributed by atoms with Crippen LogP contribution in [0.4, 0.5) is 5.82 Å². The second kappa shape index (κ2) is 5.64. The topological polar surface area (TPSA) is 55.1 Å². The van der Waals surface area contributed by atoms with Gasteiger partial charge in [0, 0.05) is 17.6 Å². The molecule has 3 aromatic rings. The van der Waals surface area contributed by atoms with Gasteiger partial charge in [0.25, 0.3) is 5.78 Å². The predicted molar refractivity (Wildman–Crippen MR) is 79.4 cm³/mol. The van der Waals surface area contributed by atoms with Crippen molar-refractivity contribution in [3.8, 4) is 0 Å². The van der Waals surface area contributed by atoms with Gasteiger partial charge in [-0.2, -0.15) is 19.6 Å². The molecule has 5 nitrogen and oxygen atoms in total. The highest BCUT2D eigenvalue weighted by atomic mass is 35.5. The van der Waals surface area contributed by atoms with Crippen LogP contribution in [0, 0.1) is 0 Å². The highest BCUT2D eigenvalue weighted by Gasteiger charge is 2.05. The first-order valence-electron chi connectivity index (χ1n) is 6.07. The van der Waals surface area contributed by atoms with Crippen LogP contribution in [0.2, 0.25) is 10.2 Å². The van der Waals surface area contributed by atoms with E-state index in [1.165, 1.54) is 11.9 Å². The van der Waals surface area contributed by atoms with Gasteiger partial charge in [-0.25, -0.2) is 0 Å². The minimum Gasteiger partial charge on any atom is -0.369 e. The Morgan fingerprint density at radius 2 is 1.95 bits per heavy atom. The first kappa shape index (κ1) is 13.1. The summed E-state index contributed by atoms with van der Waals surface area (Å²) in [5, 5.41) is 8.51. The Kier molecular flexibility index (Phi) is 3.71. The fourth-order valence-electron chi connectivity index (χ4n) is 1.90. The number of nitrogens with zero attached hydrogens (tertiary/aromatic N) is 4. The first-order chi connectivity index (χ1) is 9.72. The molecule has 102 valence electrons. The Hall–Kier alpha value is -1.85. The van der Waals surface area contributed by atoms with Gasteiger partial charge in [0.2, 0.25) is 0 Å². The third-order valence-corrected chi connectivity index (χ3v) is 3.30. The van der Waals surface area contributed by atoms with Crippen molar-refractivity contribution >= 4 is 34.8 Å². The van der Waals surface area contributed by atoms with Crippen molar-refractivity contribution in [3.63, 3.8) is 0 Å². The molecule has 7 heteroatoms. The molecule has 0 saturated carbocycles. The zero-order valence-corrected chi connectivity index (χ0v) is 11.9. The maximum Gasteiger partial charge on any atom is 0.255 e. The molecular weight excluding hydrogens is 297 g/mol. The summed E-state index contributed by atoms with van der Waals surface area (Å²) in [5.74, 6) is 1.25. The monoisotopic (exact) mass is 307 g/mol. The molecule has 0 fully saturated rings. The average molecular weight is 308 g/mol. The summed E-state index contributed by atoms with van der Waals surface area (Å²) in [5.41, 5.74) is 1.21. The van der Waals surface area contributed by atoms with E-state index in [1.54, 1.807) is 10.6 Å². The maximum absolute atomic E-state index is 5.95. The van der Waals surface area contributed by atoms with Crippen molar-refractivity contribution in [1.82, 2.24) is 19.6 Å². The Morgan fingerprint density at radius 3 is 2.75 bits per heavy atom. The van der Waals surface area contributed by atoms with Gasteiger partial charge in [0.05, 0.1) is 0 Å². The number of aromatic nitrogens is 4. The van der Waals surface area contributed by atoms with E-state index in [1.807, 2.05) is 24.3 Å². The second-order valence-electron chi connectivity index (χ2n) is 4.24. The van der Waals surface area contributed by atoms with Gasteiger partial charge in [0.15, 0.2) is 0 Å². The largest absolute Gasteiger partial charge is 0.369 e. The standard InChI is InChI=1S/C13H11Cl2N5/c14-10-3-1-9(2-4-10)5-6-16-12-7-11(15)19-13-17-8-18-20(12)13/h1-4,7-8,16H,5-6H2. The molecule has 0 spiro atoms. The lowest BCUT2D eigenvalue weighted by molar-refractivity contribution is 0.913. The highest BCUT2D eigenvalue weighted by Crippen LogP contribution is 2.15. The fourth-order valence-corrected chi connectivity index (χ4v) is 2.20. The average Bonchev–Trinajstić information content (AvgIpc) is 2.89. The molecule has 2 aromatic heterocycles. The molecule has 0 amide bonds. The zero-order valence-electron chi connectivity index (χ0n) is 10.4. The minimum absolute atomic E-state index is 0.388. The smallest absolute Gasteiger partial charge is 0.255 e. The van der Waals surface area contributed by atoms with Gasteiger partial charge in [-0.05, 0) is 24.1 Å². The van der Waals surface area contributed by atoms with Gasteiger partial charge in [0.1, 0.15) is 17.3 Å². The molecule has 0 aliphatic carbocycles. The van der Waals surface area contributed by atoms with E-state index in [2.05, 4.69) is 20.4 Å². The van der Waals surface area contributed by atoms with Crippen molar-refractivity contribution in [2.24, 2.45) is 0 Å². The molecule has 0 saturated heterocycles. The van der Waals surface area contributed by atoms with Crippen molar-refractivity contribution < 1.29 is 0 Å². The van der Waals surface area contributed by atoms with Gasteiger partial charge in [-0.1, -0.05) is 35.3 Å². The summed E-state index contributed by atoms with van der Waals surface area (Å²) >= 11 is 11.8. The Morgan fingerprint density at radius 1 is 1.15 bits per heavy atom. The molecule has 0 radical (unpaired) electrons. The molecule has 0 aliphatic heterocycles. The normalized spacial score (nSPS) is 10.9. The van der Waals surface area contributed by atoms with Gasteiger partial charge < -0.3 is 5.32 Å². The third kappa shape index (κ3) is 2.84. The van der Waals surface area contributed by atoms with Crippen LogP contribution in [-0.2, 0) is 6.42 Å². The minimum atomic E-state index is 0.388. The molecule has 0 bridgehead atoms. The molecule has 0 aliphatic rings. The lowest BCUT2D eigenvalue weighted by atomic mass is 10.1. The molecule has 0 atom stereocenters. The molecule has 1 N–H and O–H groups in total. The highest BCUT2D eigenvalue weighted by molar-refractivity contribution is 6.30. The number of hydrogen-bond donors (Lipinski definition) is 1. The number of halogens is 2. The maximum atomic E-state index is 5.95. The van der Waals surface area contributed by atoms with Crippen LogP contribution in [0.15, 0.2) is 36.7 Å². The molecule has 1 aromatic carbocycles. The summed E-state index contributed by atoms with van der Waals surface area (Å²) in [6.45, 7) is 0.747. The fraction of sp³-hybridized carbons (Fsp3) is 0.154. The Balaban J connectivity index is 1.70. The number of hydrogen-bond acceptors (Lipinski definition) is 4. The Labute approximate surface area is 125 Å². The van der Waals surface area contributed by atoms with E-state index >= 15 is 0 Å². The quantitative estimate of drug-likeness (QED) is 0.753. The van der Waals surface area contributed by atoms with Crippen molar-refractivity contribution in [1.29, 1.82) is 0 Å². The number of nitrogens with one attached hydrogen (secondary N) is 1. The van der Waals surface area contributed by atoms with E-state index in [0.29, 0.717) is 10.9 Å². The molecule has 0 unspecified atom stereocenters. The number of anilines is 1. The van der Waals surface area contributed by atoms with Crippen LogP contribution >= 0.6 is 23.2 Å². The van der Waals surface area contributed by atoms with Crippen molar-refractivity contribution in [2.75, 3.05) is 11.9 Å². The van der Waals surface area contributed by atoms with Crippen LogP contribution in [0.5, 0.6) is 0 Å². The summed E-state index contributed by atoms with van der Waals surface area (Å²) in [6.07, 6.45) is 2.32. The predicted octanol–water partition coefficient (Wildman–Crippen LogP) is 3.09. The number of fused-ring (bicyclic) bond motifs is 1. The van der Waals surface area contributed by atoms with Crippen LogP contribution < -0.4 is 5.32 Å². The zero-order chi connectivity index (χ0) is 13.9. The second-order valence-corrected chi connectivity index (χ2v) is 5.06. The van der Waals surface area contributed by atoms with Gasteiger partial charge >= 0.3 is 0 Å². The van der Waals surface area contributed by atoms with Crippen LogP contribution in [-0.4, -0.2) is 26.1 Å². The molecule has 3 rings (SSSR count). The van der Waals surface area contributed by atoms with Crippen LogP contribution in [0.3, 0.4) is 0 Å². The van der Waals surface area contributed by atoms with Crippen LogP contribution in [0.25, 0.3) is 5.78 Å².